The van der Waals surface area contributed by atoms with Gasteiger partial charge in [0.15, 0.2) is 0 Å². The highest BCUT2D eigenvalue weighted by molar-refractivity contribution is 5.79. The Hall–Kier alpha value is -1.06. The Kier molecular flexibility index (Phi) is 7.63. The van der Waals surface area contributed by atoms with Gasteiger partial charge in [-0.2, -0.15) is 0 Å². The summed E-state index contributed by atoms with van der Waals surface area (Å²) in [6.07, 6.45) is 6.63. The van der Waals surface area contributed by atoms with Crippen molar-refractivity contribution in [2.45, 2.75) is 71.8 Å². The fourth-order valence-corrected chi connectivity index (χ4v) is 2.73. The van der Waals surface area contributed by atoms with Gasteiger partial charge < -0.3 is 9.64 Å². The highest BCUT2D eigenvalue weighted by Crippen LogP contribution is 2.21. The van der Waals surface area contributed by atoms with E-state index < -0.39 is 0 Å². The number of ether oxygens (including phenoxy) is 1. The summed E-state index contributed by atoms with van der Waals surface area (Å²) >= 11 is 0. The van der Waals surface area contributed by atoms with Crippen LogP contribution in [0.5, 0.6) is 0 Å². The van der Waals surface area contributed by atoms with Crippen LogP contribution in [-0.2, 0) is 14.3 Å². The molecule has 116 valence electrons. The molecule has 0 spiro atoms. The van der Waals surface area contributed by atoms with Gasteiger partial charge in [-0.05, 0) is 46.0 Å². The Morgan fingerprint density at radius 1 is 1.15 bits per heavy atom. The van der Waals surface area contributed by atoms with Gasteiger partial charge in [0.2, 0.25) is 5.91 Å². The van der Waals surface area contributed by atoms with Gasteiger partial charge in [0.25, 0.3) is 0 Å². The summed E-state index contributed by atoms with van der Waals surface area (Å²) in [6.45, 7) is 7.31. The van der Waals surface area contributed by atoms with Crippen LogP contribution in [0.15, 0.2) is 0 Å². The van der Waals surface area contributed by atoms with E-state index in [9.17, 15) is 9.59 Å². The monoisotopic (exact) mass is 283 g/mol. The quantitative estimate of drug-likeness (QED) is 0.674. The van der Waals surface area contributed by atoms with Gasteiger partial charge in [-0.15, -0.1) is 0 Å². The number of amides is 1. The van der Waals surface area contributed by atoms with Crippen molar-refractivity contribution in [2.24, 2.45) is 5.92 Å². The van der Waals surface area contributed by atoms with Crippen molar-refractivity contribution in [1.29, 1.82) is 0 Å². The minimum absolute atomic E-state index is 0.103. The minimum atomic E-state index is -0.143. The van der Waals surface area contributed by atoms with E-state index in [-0.39, 0.29) is 23.9 Å². The fourth-order valence-electron chi connectivity index (χ4n) is 2.73. The summed E-state index contributed by atoms with van der Waals surface area (Å²) in [4.78, 5) is 25.7. The zero-order chi connectivity index (χ0) is 15.0. The molecule has 1 fully saturated rings. The van der Waals surface area contributed by atoms with E-state index >= 15 is 0 Å². The van der Waals surface area contributed by atoms with Crippen LogP contribution in [0.25, 0.3) is 0 Å². The van der Waals surface area contributed by atoms with E-state index in [0.29, 0.717) is 12.8 Å². The van der Waals surface area contributed by atoms with E-state index in [1.807, 2.05) is 25.7 Å². The number of hydrogen-bond donors (Lipinski definition) is 0. The molecule has 1 saturated carbocycles. The third-order valence-corrected chi connectivity index (χ3v) is 4.13. The molecule has 0 aliphatic heterocycles. The highest BCUT2D eigenvalue weighted by Gasteiger charge is 2.21. The highest BCUT2D eigenvalue weighted by atomic mass is 16.5. The minimum Gasteiger partial charge on any atom is -0.462 e. The van der Waals surface area contributed by atoms with Gasteiger partial charge in [-0.3, -0.25) is 9.59 Å². The van der Waals surface area contributed by atoms with Crippen LogP contribution in [-0.4, -0.2) is 36.0 Å². The molecule has 20 heavy (non-hydrogen) atoms. The van der Waals surface area contributed by atoms with Crippen molar-refractivity contribution in [2.75, 3.05) is 13.1 Å². The average molecular weight is 283 g/mol. The second-order valence-electron chi connectivity index (χ2n) is 5.70. The number of rotatable bonds is 7. The Balaban J connectivity index is 2.27. The third-order valence-electron chi connectivity index (χ3n) is 4.13. The lowest BCUT2D eigenvalue weighted by molar-refractivity contribution is -0.151. The molecule has 4 nitrogen and oxygen atoms in total. The van der Waals surface area contributed by atoms with Crippen LogP contribution < -0.4 is 0 Å². The largest absolute Gasteiger partial charge is 0.462 e. The molecule has 1 unspecified atom stereocenters. The number of carbonyl (C=O) groups is 2. The van der Waals surface area contributed by atoms with E-state index in [1.54, 1.807) is 0 Å². The van der Waals surface area contributed by atoms with Crippen molar-refractivity contribution >= 4 is 11.9 Å². The second kappa shape index (κ2) is 8.98. The van der Waals surface area contributed by atoms with Crippen LogP contribution in [0.4, 0.5) is 0 Å². The van der Waals surface area contributed by atoms with Gasteiger partial charge in [0, 0.05) is 25.4 Å². The van der Waals surface area contributed by atoms with Crippen LogP contribution in [0, 0.1) is 5.92 Å². The van der Waals surface area contributed by atoms with Gasteiger partial charge in [-0.25, -0.2) is 0 Å². The van der Waals surface area contributed by atoms with Crippen LogP contribution >= 0.6 is 0 Å². The van der Waals surface area contributed by atoms with E-state index in [1.165, 1.54) is 6.42 Å². The molecule has 1 aliphatic carbocycles. The Morgan fingerprint density at radius 3 is 2.30 bits per heavy atom. The number of carbonyl (C=O) groups excluding carboxylic acids is 2. The van der Waals surface area contributed by atoms with Gasteiger partial charge in [-0.1, -0.05) is 13.3 Å². The molecule has 1 amide bonds. The van der Waals surface area contributed by atoms with Crippen LogP contribution in [0.3, 0.4) is 0 Å². The lowest BCUT2D eigenvalue weighted by Gasteiger charge is -2.24. The number of esters is 1. The Bertz CT molecular complexity index is 307. The molecule has 0 N–H and O–H groups in total. The first kappa shape index (κ1) is 17.0. The molecule has 1 aliphatic rings. The molecule has 0 aromatic heterocycles. The fraction of sp³-hybridized carbons (Fsp3) is 0.875. The zero-order valence-electron chi connectivity index (χ0n) is 13.2. The zero-order valence-corrected chi connectivity index (χ0v) is 13.2. The molecule has 1 atom stereocenters. The molecule has 0 aromatic carbocycles. The van der Waals surface area contributed by atoms with Gasteiger partial charge in [0.05, 0.1) is 0 Å². The van der Waals surface area contributed by atoms with Crippen molar-refractivity contribution in [3.8, 4) is 0 Å². The molecule has 0 heterocycles. The SMILES string of the molecule is CCN(CC)C(=O)C(C)CCC(=O)OC1CCCCC1. The summed E-state index contributed by atoms with van der Waals surface area (Å²) in [5.74, 6) is -0.106. The Morgan fingerprint density at radius 2 is 1.75 bits per heavy atom. The van der Waals surface area contributed by atoms with Crippen LogP contribution in [0.2, 0.25) is 0 Å². The maximum absolute atomic E-state index is 12.1. The average Bonchev–Trinajstić information content (AvgIpc) is 2.47. The molecule has 1 rings (SSSR count). The molecule has 0 saturated heterocycles. The predicted molar refractivity (Wildman–Crippen MR) is 79.3 cm³/mol. The maximum Gasteiger partial charge on any atom is 0.306 e. The first-order valence-electron chi connectivity index (χ1n) is 8.06. The molecule has 4 heteroatoms. The van der Waals surface area contributed by atoms with E-state index in [0.717, 1.165) is 38.8 Å². The van der Waals surface area contributed by atoms with Gasteiger partial charge >= 0.3 is 5.97 Å². The summed E-state index contributed by atoms with van der Waals surface area (Å²) in [5, 5.41) is 0. The van der Waals surface area contributed by atoms with E-state index in [4.69, 9.17) is 4.74 Å². The maximum atomic E-state index is 12.1. The number of hydrogen-bond acceptors (Lipinski definition) is 3. The standard InChI is InChI=1S/C16H29NO3/c1-4-17(5-2)16(19)13(3)11-12-15(18)20-14-9-7-6-8-10-14/h13-14H,4-12H2,1-3H3. The lowest BCUT2D eigenvalue weighted by atomic mass is 9.97. The smallest absolute Gasteiger partial charge is 0.306 e. The number of nitrogens with zero attached hydrogens (tertiary/aromatic N) is 1. The van der Waals surface area contributed by atoms with Gasteiger partial charge in [0.1, 0.15) is 6.10 Å². The molecule has 0 aromatic rings. The molecular weight excluding hydrogens is 254 g/mol. The summed E-state index contributed by atoms with van der Waals surface area (Å²) < 4.78 is 5.47. The molecule has 0 bridgehead atoms. The van der Waals surface area contributed by atoms with Crippen molar-refractivity contribution in [3.63, 3.8) is 0 Å². The predicted octanol–water partition coefficient (Wildman–Crippen LogP) is 3.15. The topological polar surface area (TPSA) is 46.6 Å². The Labute approximate surface area is 122 Å². The summed E-state index contributed by atoms with van der Waals surface area (Å²) in [7, 11) is 0. The molecule has 0 radical (unpaired) electrons. The molecular formula is C16H29NO3. The van der Waals surface area contributed by atoms with Crippen molar-refractivity contribution < 1.29 is 14.3 Å². The van der Waals surface area contributed by atoms with Crippen LogP contribution in [0.1, 0.15) is 65.7 Å². The normalized spacial score (nSPS) is 17.6. The van der Waals surface area contributed by atoms with Crippen molar-refractivity contribution in [3.05, 3.63) is 0 Å². The van der Waals surface area contributed by atoms with Crippen molar-refractivity contribution in [1.82, 2.24) is 4.90 Å². The first-order chi connectivity index (χ1) is 9.58. The second-order valence-corrected chi connectivity index (χ2v) is 5.70. The summed E-state index contributed by atoms with van der Waals surface area (Å²) in [6, 6.07) is 0. The summed E-state index contributed by atoms with van der Waals surface area (Å²) in [5.41, 5.74) is 0. The third kappa shape index (κ3) is 5.51. The van der Waals surface area contributed by atoms with E-state index in [2.05, 4.69) is 0 Å². The first-order valence-corrected chi connectivity index (χ1v) is 8.06. The lowest BCUT2D eigenvalue weighted by Crippen LogP contribution is -2.35.